The van der Waals surface area contributed by atoms with Crippen LogP contribution in [0.3, 0.4) is 0 Å². The number of benzene rings is 2. The number of aliphatic imine (C=N–C) groups is 2. The van der Waals surface area contributed by atoms with Crippen LogP contribution in [-0.4, -0.2) is 11.9 Å². The van der Waals surface area contributed by atoms with E-state index in [4.69, 9.17) is 45.1 Å². The maximum absolute atomic E-state index is 14.0. The van der Waals surface area contributed by atoms with E-state index < -0.39 is 41.0 Å². The normalized spacial score (nSPS) is 12.0. The highest BCUT2D eigenvalue weighted by molar-refractivity contribution is 6.42. The van der Waals surface area contributed by atoms with Gasteiger partial charge in [0.1, 0.15) is 5.69 Å². The zero-order valence-corrected chi connectivity index (χ0v) is 15.0. The quantitative estimate of drug-likeness (QED) is 0.374. The van der Waals surface area contributed by atoms with Crippen molar-refractivity contribution in [2.75, 3.05) is 0 Å². The van der Waals surface area contributed by atoms with Gasteiger partial charge >= 0.3 is 6.18 Å². The zero-order valence-electron chi connectivity index (χ0n) is 13.5. The first-order valence-electron chi connectivity index (χ1n) is 7.05. The van der Waals surface area contributed by atoms with Crippen LogP contribution in [0.1, 0.15) is 5.56 Å². The first-order chi connectivity index (χ1) is 12.9. The second kappa shape index (κ2) is 8.07. The molecule has 0 aliphatic heterocycles. The Morgan fingerprint density at radius 3 is 1.96 bits per heavy atom. The predicted molar refractivity (Wildman–Crippen MR) is 95.0 cm³/mol. The molecule has 150 valence electrons. The van der Waals surface area contributed by atoms with Crippen LogP contribution in [0.4, 0.5) is 27.6 Å². The van der Waals surface area contributed by atoms with E-state index in [1.54, 1.807) is 0 Å². The van der Waals surface area contributed by atoms with Gasteiger partial charge in [0.15, 0.2) is 29.1 Å². The topological polar surface area (TPSA) is 112 Å². The fourth-order valence-electron chi connectivity index (χ4n) is 1.90. The Kier molecular flexibility index (Phi) is 6.20. The minimum absolute atomic E-state index is 0.0290. The molecule has 0 radical (unpaired) electrons. The van der Waals surface area contributed by atoms with Crippen molar-refractivity contribution >= 4 is 40.8 Å². The number of hydrogen-bond donors (Lipinski definition) is 3. The van der Waals surface area contributed by atoms with Gasteiger partial charge in [0.25, 0.3) is 0 Å². The van der Waals surface area contributed by atoms with Crippen LogP contribution >= 0.6 is 23.2 Å². The molecule has 0 heterocycles. The molecule has 0 bridgehead atoms. The molecule has 0 aliphatic carbocycles. The van der Waals surface area contributed by atoms with Gasteiger partial charge in [-0.25, -0.2) is 13.8 Å². The first-order valence-corrected chi connectivity index (χ1v) is 7.81. The fraction of sp³-hybridized carbons (Fsp3) is 0.0667. The number of ether oxygens (including phenoxy) is 1. The molecule has 2 aromatic carbocycles. The molecule has 0 aliphatic rings. The van der Waals surface area contributed by atoms with Crippen LogP contribution in [-0.2, 0) is 6.18 Å². The van der Waals surface area contributed by atoms with Crippen molar-refractivity contribution in [3.63, 3.8) is 0 Å². The first kappa shape index (κ1) is 21.5. The molecule has 0 aromatic heterocycles. The molecule has 0 fully saturated rings. The second-order valence-electron chi connectivity index (χ2n) is 5.11. The van der Waals surface area contributed by atoms with Crippen molar-refractivity contribution in [2.45, 2.75) is 6.18 Å². The van der Waals surface area contributed by atoms with E-state index in [-0.39, 0.29) is 33.6 Å². The van der Waals surface area contributed by atoms with Crippen molar-refractivity contribution in [1.29, 1.82) is 0 Å². The van der Waals surface area contributed by atoms with Gasteiger partial charge in [-0.3, -0.25) is 0 Å². The third kappa shape index (κ3) is 5.14. The highest BCUT2D eigenvalue weighted by Crippen LogP contribution is 2.41. The third-order valence-corrected chi connectivity index (χ3v) is 3.74. The van der Waals surface area contributed by atoms with Crippen molar-refractivity contribution in [1.82, 2.24) is 0 Å². The van der Waals surface area contributed by atoms with Crippen LogP contribution < -0.4 is 21.9 Å². The average Bonchev–Trinajstić information content (AvgIpc) is 2.53. The summed E-state index contributed by atoms with van der Waals surface area (Å²) in [6, 6.07) is 2.30. The molecule has 0 saturated carbocycles. The monoisotopic (exact) mass is 441 g/mol. The molecule has 28 heavy (non-hydrogen) atoms. The van der Waals surface area contributed by atoms with E-state index in [0.29, 0.717) is 0 Å². The molecule has 0 saturated heterocycles. The minimum Gasteiger partial charge on any atom is -0.449 e. The lowest BCUT2D eigenvalue weighted by atomic mass is 10.2. The van der Waals surface area contributed by atoms with Gasteiger partial charge in [-0.1, -0.05) is 23.2 Å². The van der Waals surface area contributed by atoms with E-state index in [1.807, 2.05) is 0 Å². The number of nitrogens with zero attached hydrogens (tertiary/aromatic N) is 2. The molecular weight excluding hydrogens is 432 g/mol. The Hall–Kier alpha value is -2.79. The number of alkyl halides is 3. The maximum Gasteiger partial charge on any atom is 0.416 e. The lowest BCUT2D eigenvalue weighted by molar-refractivity contribution is -0.138. The molecule has 13 heteroatoms. The number of halogens is 7. The Bertz CT molecular complexity index is 951. The summed E-state index contributed by atoms with van der Waals surface area (Å²) in [4.78, 5) is 7.21. The predicted octanol–water partition coefficient (Wildman–Crippen LogP) is 4.30. The van der Waals surface area contributed by atoms with Crippen molar-refractivity contribution in [3.8, 4) is 11.5 Å². The minimum atomic E-state index is -4.95. The van der Waals surface area contributed by atoms with E-state index >= 15 is 0 Å². The van der Waals surface area contributed by atoms with Crippen LogP contribution in [0.25, 0.3) is 0 Å². The van der Waals surface area contributed by atoms with Gasteiger partial charge in [-0.05, 0) is 18.2 Å². The van der Waals surface area contributed by atoms with Gasteiger partial charge in [-0.15, -0.1) is 0 Å². The smallest absolute Gasteiger partial charge is 0.416 e. The second-order valence-corrected chi connectivity index (χ2v) is 5.92. The summed E-state index contributed by atoms with van der Waals surface area (Å²) < 4.78 is 71.0. The van der Waals surface area contributed by atoms with Crippen LogP contribution in [0, 0.1) is 11.6 Å². The largest absolute Gasteiger partial charge is 0.449 e. The van der Waals surface area contributed by atoms with E-state index in [1.165, 1.54) is 0 Å². The van der Waals surface area contributed by atoms with Crippen LogP contribution in [0.2, 0.25) is 10.0 Å². The average molecular weight is 442 g/mol. The van der Waals surface area contributed by atoms with E-state index in [9.17, 15) is 22.0 Å². The lowest BCUT2D eigenvalue weighted by Crippen LogP contribution is -2.26. The molecule has 0 unspecified atom stereocenters. The Labute approximate surface area is 164 Å². The van der Waals surface area contributed by atoms with E-state index in [0.717, 1.165) is 12.1 Å². The van der Waals surface area contributed by atoms with Gasteiger partial charge in [0, 0.05) is 6.07 Å². The molecule has 6 N–H and O–H groups in total. The van der Waals surface area contributed by atoms with Crippen LogP contribution in [0.15, 0.2) is 34.3 Å². The molecular formula is C15H10Cl2F5N5O. The Balaban J connectivity index is 2.55. The molecule has 2 rings (SSSR count). The maximum atomic E-state index is 14.0. The van der Waals surface area contributed by atoms with Crippen molar-refractivity contribution < 1.29 is 26.7 Å². The van der Waals surface area contributed by atoms with Crippen LogP contribution in [0.5, 0.6) is 11.5 Å². The van der Waals surface area contributed by atoms with Crippen molar-refractivity contribution in [3.05, 3.63) is 51.5 Å². The lowest BCUT2D eigenvalue weighted by Gasteiger charge is -2.13. The van der Waals surface area contributed by atoms with E-state index in [2.05, 4.69) is 9.98 Å². The molecule has 2 aromatic rings. The summed E-state index contributed by atoms with van der Waals surface area (Å²) in [6.45, 7) is 0. The molecule has 6 nitrogen and oxygen atoms in total. The number of hydrogen-bond acceptors (Lipinski definition) is 2. The number of nitrogens with two attached hydrogens (primary N) is 3. The standard InChI is InChI=1S/C15H10Cl2F5N5O/c16-6-3-10(26-14(25)27-13(23)24)11(4-7(6)17)28-12-8(18)1-5(2-9(12)19)15(20,21)22/h1-4H,(H6,23,24,25,26,27). The Morgan fingerprint density at radius 1 is 0.929 bits per heavy atom. The molecule has 0 spiro atoms. The molecule has 0 amide bonds. The summed E-state index contributed by atoms with van der Waals surface area (Å²) in [7, 11) is 0. The number of rotatable bonds is 3. The summed E-state index contributed by atoms with van der Waals surface area (Å²) >= 11 is 11.7. The summed E-state index contributed by atoms with van der Waals surface area (Å²) in [6.07, 6.45) is -4.95. The summed E-state index contributed by atoms with van der Waals surface area (Å²) in [5, 5.41) is -0.123. The third-order valence-electron chi connectivity index (χ3n) is 3.02. The summed E-state index contributed by atoms with van der Waals surface area (Å²) in [5.74, 6) is -5.60. The van der Waals surface area contributed by atoms with Crippen molar-refractivity contribution in [2.24, 2.45) is 27.2 Å². The van der Waals surface area contributed by atoms with Gasteiger partial charge in [0.05, 0.1) is 15.6 Å². The highest BCUT2D eigenvalue weighted by Gasteiger charge is 2.33. The SMILES string of the molecule is NC(N)=NC(N)=Nc1cc(Cl)c(Cl)cc1Oc1c(F)cc(C(F)(F)F)cc1F. The van der Waals surface area contributed by atoms with Gasteiger partial charge in [0.2, 0.25) is 5.96 Å². The summed E-state index contributed by atoms with van der Waals surface area (Å²) in [5.41, 5.74) is 14.1. The number of guanidine groups is 2. The zero-order chi connectivity index (χ0) is 21.2. The Morgan fingerprint density at radius 2 is 1.46 bits per heavy atom. The van der Waals surface area contributed by atoms with Gasteiger partial charge in [-0.2, -0.15) is 18.2 Å². The van der Waals surface area contributed by atoms with Gasteiger partial charge < -0.3 is 21.9 Å². The highest BCUT2D eigenvalue weighted by atomic mass is 35.5. The molecule has 0 atom stereocenters. The fourth-order valence-corrected chi connectivity index (χ4v) is 2.21.